The minimum Gasteiger partial charge on any atom is -0.405 e. The monoisotopic (exact) mass is 421 g/mol. The van der Waals surface area contributed by atoms with Crippen LogP contribution in [0.5, 0.6) is 0 Å². The SMILES string of the molecule is [B]/C(=C/N)C1=CC(c2ccccc2C)=CC(=NCc2ccc(CNC(=O)C3CC3)cc2)C1. The molecule has 0 bridgehead atoms. The molecule has 4 rings (SSSR count). The summed E-state index contributed by atoms with van der Waals surface area (Å²) in [6, 6.07) is 16.5. The summed E-state index contributed by atoms with van der Waals surface area (Å²) in [5.41, 5.74) is 13.9. The lowest BCUT2D eigenvalue weighted by atomic mass is 9.81. The molecular formula is C27H28BN3O. The van der Waals surface area contributed by atoms with E-state index in [1.807, 2.05) is 12.1 Å². The van der Waals surface area contributed by atoms with Gasteiger partial charge in [0, 0.05) is 24.6 Å². The maximum Gasteiger partial charge on any atom is 0.223 e. The number of allylic oxidation sites excluding steroid dienone is 5. The van der Waals surface area contributed by atoms with Gasteiger partial charge in [0.05, 0.1) is 6.54 Å². The number of nitrogens with two attached hydrogens (primary N) is 1. The largest absolute Gasteiger partial charge is 0.405 e. The summed E-state index contributed by atoms with van der Waals surface area (Å²) in [7, 11) is 6.14. The van der Waals surface area contributed by atoms with Crippen LogP contribution in [0.25, 0.3) is 5.57 Å². The number of carbonyl (C=O) groups is 1. The van der Waals surface area contributed by atoms with E-state index in [0.717, 1.165) is 40.8 Å². The Bertz CT molecular complexity index is 1120. The van der Waals surface area contributed by atoms with Gasteiger partial charge in [0.15, 0.2) is 0 Å². The van der Waals surface area contributed by atoms with E-state index in [4.69, 9.17) is 18.6 Å². The zero-order valence-corrected chi connectivity index (χ0v) is 18.5. The fourth-order valence-corrected chi connectivity index (χ4v) is 3.79. The first-order valence-corrected chi connectivity index (χ1v) is 11.1. The predicted octanol–water partition coefficient (Wildman–Crippen LogP) is 4.34. The Hall–Kier alpha value is -3.34. The maximum absolute atomic E-state index is 11.8. The number of benzene rings is 2. The molecule has 0 aromatic heterocycles. The third kappa shape index (κ3) is 5.47. The van der Waals surface area contributed by atoms with E-state index in [1.165, 1.54) is 17.3 Å². The lowest BCUT2D eigenvalue weighted by molar-refractivity contribution is -0.122. The van der Waals surface area contributed by atoms with Crippen LogP contribution in [0.4, 0.5) is 0 Å². The van der Waals surface area contributed by atoms with Gasteiger partial charge in [-0.1, -0.05) is 60.1 Å². The van der Waals surface area contributed by atoms with Crippen LogP contribution >= 0.6 is 0 Å². The molecule has 0 saturated heterocycles. The summed E-state index contributed by atoms with van der Waals surface area (Å²) in [6.07, 6.45) is 8.39. The van der Waals surface area contributed by atoms with E-state index in [9.17, 15) is 4.79 Å². The third-order valence-electron chi connectivity index (χ3n) is 5.93. The molecule has 3 N–H and O–H groups in total. The molecule has 2 radical (unpaired) electrons. The molecule has 2 aromatic carbocycles. The summed E-state index contributed by atoms with van der Waals surface area (Å²) in [5.74, 6) is 0.406. The Morgan fingerprint density at radius 3 is 2.53 bits per heavy atom. The van der Waals surface area contributed by atoms with E-state index < -0.39 is 0 Å². The van der Waals surface area contributed by atoms with Crippen LogP contribution < -0.4 is 11.1 Å². The van der Waals surface area contributed by atoms with E-state index in [0.29, 0.717) is 25.0 Å². The molecule has 1 amide bonds. The molecule has 32 heavy (non-hydrogen) atoms. The summed E-state index contributed by atoms with van der Waals surface area (Å²) in [4.78, 5) is 16.7. The number of amides is 1. The van der Waals surface area contributed by atoms with Crippen molar-refractivity contribution in [1.82, 2.24) is 5.32 Å². The number of nitrogens with zero attached hydrogens (tertiary/aromatic N) is 1. The van der Waals surface area contributed by atoms with Crippen molar-refractivity contribution in [2.24, 2.45) is 16.6 Å². The molecule has 1 saturated carbocycles. The van der Waals surface area contributed by atoms with E-state index in [-0.39, 0.29) is 11.8 Å². The standard InChI is InChI=1S/C27H28BN3O/c1-18-4-2-3-5-25(18)22-12-23(26(28)15-29)14-24(13-22)30-16-19-6-8-20(9-7-19)17-31-27(32)21-10-11-21/h2-9,12-13,15,21H,10-11,14,16-17,29H2,1H3,(H,31,32)/b26-15+,30-24?. The topological polar surface area (TPSA) is 67.5 Å². The molecule has 4 nitrogen and oxygen atoms in total. The fraction of sp³-hybridized carbons (Fsp3) is 0.259. The smallest absolute Gasteiger partial charge is 0.223 e. The van der Waals surface area contributed by atoms with Gasteiger partial charge in [-0.2, -0.15) is 0 Å². The van der Waals surface area contributed by atoms with Crippen molar-refractivity contribution in [2.75, 3.05) is 0 Å². The molecule has 0 spiro atoms. The lowest BCUT2D eigenvalue weighted by Gasteiger charge is -2.18. The minimum atomic E-state index is 0.170. The number of rotatable bonds is 7. The molecule has 2 aliphatic carbocycles. The average molecular weight is 421 g/mol. The van der Waals surface area contributed by atoms with E-state index in [2.05, 4.69) is 60.8 Å². The van der Waals surface area contributed by atoms with Gasteiger partial charge >= 0.3 is 0 Å². The van der Waals surface area contributed by atoms with E-state index in [1.54, 1.807) is 0 Å². The number of aryl methyl sites for hydroxylation is 1. The van der Waals surface area contributed by atoms with Crippen molar-refractivity contribution < 1.29 is 4.79 Å². The van der Waals surface area contributed by atoms with Gasteiger partial charge in [0.2, 0.25) is 5.91 Å². The second kappa shape index (κ2) is 9.86. The maximum atomic E-state index is 11.8. The first-order valence-electron chi connectivity index (χ1n) is 11.1. The van der Waals surface area contributed by atoms with Crippen LogP contribution in [-0.4, -0.2) is 19.5 Å². The number of nitrogens with one attached hydrogen (secondary N) is 1. The van der Waals surface area contributed by atoms with Gasteiger partial charge in [-0.05, 0) is 65.4 Å². The zero-order valence-electron chi connectivity index (χ0n) is 18.5. The van der Waals surface area contributed by atoms with E-state index >= 15 is 0 Å². The van der Waals surface area contributed by atoms with Crippen LogP contribution in [0.1, 0.15) is 41.5 Å². The van der Waals surface area contributed by atoms with Gasteiger partial charge < -0.3 is 11.1 Å². The summed E-state index contributed by atoms with van der Waals surface area (Å²) < 4.78 is 0. The van der Waals surface area contributed by atoms with Crippen LogP contribution in [0.2, 0.25) is 0 Å². The molecule has 2 aliphatic rings. The molecule has 2 aromatic rings. The van der Waals surface area contributed by atoms with Gasteiger partial charge in [-0.15, -0.1) is 0 Å². The van der Waals surface area contributed by atoms with Gasteiger partial charge in [-0.3, -0.25) is 9.79 Å². The van der Waals surface area contributed by atoms with Crippen molar-refractivity contribution >= 4 is 25.0 Å². The molecule has 5 heteroatoms. The van der Waals surface area contributed by atoms with Crippen LogP contribution in [-0.2, 0) is 17.9 Å². The molecule has 0 atom stereocenters. The quantitative estimate of drug-likeness (QED) is 0.653. The average Bonchev–Trinajstić information content (AvgIpc) is 3.67. The number of carbonyl (C=O) groups excluding carboxylic acids is 1. The van der Waals surface area contributed by atoms with Crippen molar-refractivity contribution in [3.8, 4) is 0 Å². The molecule has 0 heterocycles. The van der Waals surface area contributed by atoms with Gasteiger partial charge in [-0.25, -0.2) is 0 Å². The molecule has 1 fully saturated rings. The molecule has 0 unspecified atom stereocenters. The summed E-state index contributed by atoms with van der Waals surface area (Å²) in [6.45, 7) is 3.26. The van der Waals surface area contributed by atoms with Crippen molar-refractivity contribution in [2.45, 2.75) is 39.3 Å². The second-order valence-electron chi connectivity index (χ2n) is 8.50. The third-order valence-corrected chi connectivity index (χ3v) is 5.93. The Morgan fingerprint density at radius 1 is 1.12 bits per heavy atom. The van der Waals surface area contributed by atoms with Crippen LogP contribution in [0.3, 0.4) is 0 Å². The number of hydrogen-bond acceptors (Lipinski definition) is 3. The molecule has 160 valence electrons. The highest BCUT2D eigenvalue weighted by molar-refractivity contribution is 6.25. The van der Waals surface area contributed by atoms with Gasteiger partial charge in [0.25, 0.3) is 0 Å². The Kier molecular flexibility index (Phi) is 6.74. The molecule has 0 aliphatic heterocycles. The first kappa shape index (κ1) is 21.9. The Morgan fingerprint density at radius 2 is 1.84 bits per heavy atom. The normalized spacial score (nSPS) is 17.7. The Balaban J connectivity index is 1.48. The highest BCUT2D eigenvalue weighted by Gasteiger charge is 2.29. The predicted molar refractivity (Wildman–Crippen MR) is 132 cm³/mol. The lowest BCUT2D eigenvalue weighted by Crippen LogP contribution is -2.24. The van der Waals surface area contributed by atoms with Crippen LogP contribution in [0, 0.1) is 12.8 Å². The highest BCUT2D eigenvalue weighted by Crippen LogP contribution is 2.29. The molecular weight excluding hydrogens is 393 g/mol. The number of aliphatic imine (C=N–C) groups is 1. The summed E-state index contributed by atoms with van der Waals surface area (Å²) in [5, 5.41) is 3.00. The number of hydrogen-bond donors (Lipinski definition) is 2. The van der Waals surface area contributed by atoms with Crippen molar-refractivity contribution in [1.29, 1.82) is 0 Å². The first-order chi connectivity index (χ1) is 15.5. The summed E-state index contributed by atoms with van der Waals surface area (Å²) >= 11 is 0. The fourth-order valence-electron chi connectivity index (χ4n) is 3.79. The van der Waals surface area contributed by atoms with Crippen LogP contribution in [0.15, 0.2) is 82.9 Å². The minimum absolute atomic E-state index is 0.170. The van der Waals surface area contributed by atoms with Crippen molar-refractivity contribution in [3.63, 3.8) is 0 Å². The zero-order chi connectivity index (χ0) is 22.5. The Labute approximate surface area is 191 Å². The highest BCUT2D eigenvalue weighted by atomic mass is 16.2. The second-order valence-corrected chi connectivity index (χ2v) is 8.50. The van der Waals surface area contributed by atoms with Crippen molar-refractivity contribution in [3.05, 3.63) is 100 Å². The van der Waals surface area contributed by atoms with Gasteiger partial charge in [0.1, 0.15) is 7.85 Å².